The summed E-state index contributed by atoms with van der Waals surface area (Å²) >= 11 is 0. The molecule has 2 atom stereocenters. The smallest absolute Gasteiger partial charge is 0.408 e. The summed E-state index contributed by atoms with van der Waals surface area (Å²) in [6, 6.07) is 14.6. The lowest BCUT2D eigenvalue weighted by molar-refractivity contribution is -0.134. The van der Waals surface area contributed by atoms with Gasteiger partial charge in [-0.05, 0) is 55.7 Å². The van der Waals surface area contributed by atoms with Crippen LogP contribution in [-0.2, 0) is 29.1 Å². The van der Waals surface area contributed by atoms with Crippen LogP contribution in [0.3, 0.4) is 0 Å². The number of imidazole rings is 1. The first-order chi connectivity index (χ1) is 23.5. The maximum atomic E-state index is 13.9. The van der Waals surface area contributed by atoms with E-state index in [1.165, 1.54) is 0 Å². The van der Waals surface area contributed by atoms with E-state index in [1.54, 1.807) is 17.6 Å². The number of rotatable bonds is 13. The number of carbonyl (C=O) groups is 3. The van der Waals surface area contributed by atoms with Crippen molar-refractivity contribution in [3.63, 3.8) is 0 Å². The molecule has 0 spiro atoms. The Hall–Kier alpha value is -5.40. The third kappa shape index (κ3) is 7.93. The van der Waals surface area contributed by atoms with Gasteiger partial charge in [0, 0.05) is 31.7 Å². The largest absolute Gasteiger partial charge is 0.491 e. The van der Waals surface area contributed by atoms with Gasteiger partial charge in [0.1, 0.15) is 36.8 Å². The van der Waals surface area contributed by atoms with Gasteiger partial charge in [0.2, 0.25) is 5.91 Å². The van der Waals surface area contributed by atoms with Gasteiger partial charge < -0.3 is 40.0 Å². The van der Waals surface area contributed by atoms with E-state index in [-0.39, 0.29) is 25.1 Å². The third-order valence-corrected chi connectivity index (χ3v) is 8.82. The van der Waals surface area contributed by atoms with E-state index in [2.05, 4.69) is 41.5 Å². The third-order valence-electron chi connectivity index (χ3n) is 8.82. The van der Waals surface area contributed by atoms with Crippen molar-refractivity contribution in [2.75, 3.05) is 31.1 Å². The molecule has 4 N–H and O–H groups in total. The minimum Gasteiger partial charge on any atom is -0.491 e. The maximum Gasteiger partial charge on any atom is 0.408 e. The number of unbranched alkanes of at least 4 members (excludes halogenated alkanes) is 1. The van der Waals surface area contributed by atoms with Crippen LogP contribution in [0.25, 0.3) is 11.2 Å². The van der Waals surface area contributed by atoms with Crippen LogP contribution in [0.2, 0.25) is 0 Å². The first-order valence-corrected chi connectivity index (χ1v) is 16.3. The van der Waals surface area contributed by atoms with Crippen molar-refractivity contribution in [1.29, 1.82) is 0 Å². The van der Waals surface area contributed by atoms with E-state index in [0.717, 1.165) is 53.2 Å². The molecule has 3 amide bonds. The average molecular weight is 657 g/mol. The highest BCUT2D eigenvalue weighted by atomic mass is 16.5. The van der Waals surface area contributed by atoms with Gasteiger partial charge >= 0.3 is 12.2 Å². The Kier molecular flexibility index (Phi) is 10.5. The predicted octanol–water partition coefficient (Wildman–Crippen LogP) is 4.02. The van der Waals surface area contributed by atoms with E-state index >= 15 is 0 Å². The number of fused-ring (bicyclic) bond motifs is 2. The standard InChI is InChI=1S/C34H40N8O6/c43-32(27(12-4-5-15-35-33(44)45)40-34(46)48-19-23-8-2-1-3-9-23)41-17-14-24-10-6-13-28(26(24)18-41)47-20-25-11-7-16-42(25)31-29-30(37-21-36-29)38-22-39-31/h1-3,6,8-10,13,21-22,25,27,35H,4-5,7,11-12,14-20H2,(H,40,46)(H,44,45)(H,36,37,38,39)/t25?,27-/m0/s1. The van der Waals surface area contributed by atoms with Crippen LogP contribution in [0.4, 0.5) is 15.4 Å². The fraction of sp³-hybridized carbons (Fsp3) is 0.412. The fourth-order valence-electron chi connectivity index (χ4n) is 6.36. The Morgan fingerprint density at radius 1 is 1.04 bits per heavy atom. The van der Waals surface area contributed by atoms with Crippen LogP contribution in [0.1, 0.15) is 48.8 Å². The van der Waals surface area contributed by atoms with E-state index in [9.17, 15) is 14.4 Å². The predicted molar refractivity (Wildman–Crippen MR) is 177 cm³/mol. The number of nitrogens with zero attached hydrogens (tertiary/aromatic N) is 5. The molecule has 1 saturated heterocycles. The number of carbonyl (C=O) groups excluding carboxylic acids is 2. The van der Waals surface area contributed by atoms with Crippen molar-refractivity contribution in [1.82, 2.24) is 35.5 Å². The lowest BCUT2D eigenvalue weighted by Gasteiger charge is -2.33. The van der Waals surface area contributed by atoms with Gasteiger partial charge in [-0.15, -0.1) is 0 Å². The second-order valence-corrected chi connectivity index (χ2v) is 12.0. The van der Waals surface area contributed by atoms with Gasteiger partial charge in [-0.1, -0.05) is 42.5 Å². The van der Waals surface area contributed by atoms with Gasteiger partial charge in [-0.2, -0.15) is 0 Å². The molecule has 252 valence electrons. The number of benzene rings is 2. The minimum absolute atomic E-state index is 0.0795. The first kappa shape index (κ1) is 32.5. The monoisotopic (exact) mass is 656 g/mol. The van der Waals surface area contributed by atoms with Crippen molar-refractivity contribution >= 4 is 35.1 Å². The summed E-state index contributed by atoms with van der Waals surface area (Å²) in [5.74, 6) is 1.31. The molecule has 0 radical (unpaired) electrons. The Balaban J connectivity index is 1.11. The van der Waals surface area contributed by atoms with Crippen LogP contribution in [-0.4, -0.2) is 86.4 Å². The van der Waals surface area contributed by atoms with Gasteiger partial charge in [-0.25, -0.2) is 24.5 Å². The van der Waals surface area contributed by atoms with Gasteiger partial charge in [0.05, 0.1) is 12.4 Å². The van der Waals surface area contributed by atoms with E-state index in [1.807, 2.05) is 42.5 Å². The van der Waals surface area contributed by atoms with Crippen LogP contribution >= 0.6 is 0 Å². The Bertz CT molecular complexity index is 1720. The number of carboxylic acid groups (broad SMARTS) is 1. The molecule has 0 saturated carbocycles. The SMILES string of the molecule is O=C(O)NCCCC[C@H](NC(=O)OCc1ccccc1)C(=O)N1CCc2cccc(OCC3CCCN3c3ncnc4[nH]cnc34)c2C1. The van der Waals surface area contributed by atoms with E-state index < -0.39 is 18.2 Å². The molecule has 1 fully saturated rings. The highest BCUT2D eigenvalue weighted by Gasteiger charge is 2.32. The molecule has 2 aromatic heterocycles. The zero-order valence-corrected chi connectivity index (χ0v) is 26.6. The number of H-pyrrole nitrogens is 1. The maximum absolute atomic E-state index is 13.9. The number of alkyl carbamates (subject to hydrolysis) is 1. The van der Waals surface area contributed by atoms with Crippen LogP contribution in [0.5, 0.6) is 5.75 Å². The fourth-order valence-corrected chi connectivity index (χ4v) is 6.36. The minimum atomic E-state index is -1.10. The highest BCUT2D eigenvalue weighted by Crippen LogP contribution is 2.32. The summed E-state index contributed by atoms with van der Waals surface area (Å²) in [7, 11) is 0. The van der Waals surface area contributed by atoms with E-state index in [0.29, 0.717) is 51.0 Å². The molecule has 0 bridgehead atoms. The van der Waals surface area contributed by atoms with Crippen molar-refractivity contribution in [2.45, 2.75) is 63.8 Å². The molecule has 4 heterocycles. The molecule has 2 aliphatic heterocycles. The molecule has 0 aliphatic carbocycles. The Morgan fingerprint density at radius 2 is 1.92 bits per heavy atom. The highest BCUT2D eigenvalue weighted by molar-refractivity contribution is 5.86. The van der Waals surface area contributed by atoms with Crippen molar-refractivity contribution in [2.24, 2.45) is 0 Å². The second kappa shape index (κ2) is 15.5. The van der Waals surface area contributed by atoms with Crippen molar-refractivity contribution < 1.29 is 29.0 Å². The molecule has 6 rings (SSSR count). The van der Waals surface area contributed by atoms with Crippen molar-refractivity contribution in [3.05, 3.63) is 77.9 Å². The molecule has 14 heteroatoms. The summed E-state index contributed by atoms with van der Waals surface area (Å²) in [6.45, 7) is 2.47. The molecule has 1 unspecified atom stereocenters. The zero-order chi connectivity index (χ0) is 33.3. The number of ether oxygens (including phenoxy) is 2. The average Bonchev–Trinajstić information content (AvgIpc) is 3.79. The number of amides is 3. The van der Waals surface area contributed by atoms with Crippen molar-refractivity contribution in [3.8, 4) is 5.75 Å². The van der Waals surface area contributed by atoms with E-state index in [4.69, 9.17) is 14.6 Å². The molecule has 14 nitrogen and oxygen atoms in total. The summed E-state index contributed by atoms with van der Waals surface area (Å²) in [4.78, 5) is 57.9. The Labute approximate surface area is 277 Å². The topological polar surface area (TPSA) is 175 Å². The molecule has 4 aromatic rings. The van der Waals surface area contributed by atoms with Crippen LogP contribution < -0.4 is 20.3 Å². The van der Waals surface area contributed by atoms with Crippen LogP contribution in [0.15, 0.2) is 61.2 Å². The summed E-state index contributed by atoms with van der Waals surface area (Å²) < 4.78 is 11.9. The molecule has 48 heavy (non-hydrogen) atoms. The first-order valence-electron chi connectivity index (χ1n) is 16.3. The number of hydrogen-bond acceptors (Lipinski definition) is 9. The number of nitrogens with one attached hydrogen (secondary N) is 3. The summed E-state index contributed by atoms with van der Waals surface area (Å²) in [6.07, 6.45) is 5.39. The number of anilines is 1. The molecular formula is C34H40N8O6. The lowest BCUT2D eigenvalue weighted by atomic mass is 9.97. The van der Waals surface area contributed by atoms with Gasteiger partial charge in [0.15, 0.2) is 11.5 Å². The normalized spacial score (nSPS) is 16.3. The van der Waals surface area contributed by atoms with Gasteiger partial charge in [0.25, 0.3) is 0 Å². The molecular weight excluding hydrogens is 616 g/mol. The number of aromatic nitrogens is 4. The second-order valence-electron chi connectivity index (χ2n) is 12.0. The number of aromatic amines is 1. The summed E-state index contributed by atoms with van der Waals surface area (Å²) in [5.41, 5.74) is 4.35. The van der Waals surface area contributed by atoms with Crippen LogP contribution in [0, 0.1) is 0 Å². The number of hydrogen-bond donors (Lipinski definition) is 4. The molecule has 2 aliphatic rings. The summed E-state index contributed by atoms with van der Waals surface area (Å²) in [5, 5.41) is 14.0. The van der Waals surface area contributed by atoms with Gasteiger partial charge in [-0.3, -0.25) is 4.79 Å². The Morgan fingerprint density at radius 3 is 2.77 bits per heavy atom. The quantitative estimate of drug-likeness (QED) is 0.154. The lowest BCUT2D eigenvalue weighted by Crippen LogP contribution is -2.50. The zero-order valence-electron chi connectivity index (χ0n) is 26.6. The molecule has 2 aromatic carbocycles.